The number of benzene rings is 1. The van der Waals surface area contributed by atoms with Crippen LogP contribution in [0, 0.1) is 5.92 Å². The maximum Gasteiger partial charge on any atom is 0.240 e. The maximum atomic E-state index is 11.9. The van der Waals surface area contributed by atoms with Gasteiger partial charge in [0.25, 0.3) is 0 Å². The van der Waals surface area contributed by atoms with Crippen LogP contribution >= 0.6 is 24.0 Å². The van der Waals surface area contributed by atoms with Crippen molar-refractivity contribution in [3.8, 4) is 0 Å². The average Bonchev–Trinajstić information content (AvgIpc) is 2.56. The highest BCUT2D eigenvalue weighted by Gasteiger charge is 2.11. The predicted octanol–water partition coefficient (Wildman–Crippen LogP) is 2.70. The monoisotopic (exact) mass is 482 g/mol. The molecule has 0 aromatic heterocycles. The Hall–Kier alpha value is -0.870. The molecule has 25 heavy (non-hydrogen) atoms. The van der Waals surface area contributed by atoms with E-state index in [4.69, 9.17) is 0 Å². The molecule has 6 nitrogen and oxygen atoms in total. The second kappa shape index (κ2) is 11.7. The molecule has 144 valence electrons. The van der Waals surface area contributed by atoms with Gasteiger partial charge in [-0.1, -0.05) is 26.0 Å². The third-order valence-electron chi connectivity index (χ3n) is 3.72. The summed E-state index contributed by atoms with van der Waals surface area (Å²) in [5, 5.41) is 6.58. The van der Waals surface area contributed by atoms with Crippen LogP contribution in [0.25, 0.3) is 0 Å². The summed E-state index contributed by atoms with van der Waals surface area (Å²) in [6.45, 7) is 7.07. The summed E-state index contributed by atoms with van der Waals surface area (Å²) in [5.41, 5.74) is 0.879. The molecule has 1 aromatic rings. The Morgan fingerprint density at radius 2 is 1.88 bits per heavy atom. The molecule has 0 fully saturated rings. The number of nitrogens with one attached hydrogen (secondary N) is 3. The van der Waals surface area contributed by atoms with Gasteiger partial charge in [-0.25, -0.2) is 13.1 Å². The molecule has 0 aliphatic rings. The smallest absolute Gasteiger partial charge is 0.240 e. The van der Waals surface area contributed by atoms with Crippen LogP contribution in [0.15, 0.2) is 34.2 Å². The van der Waals surface area contributed by atoms with Crippen LogP contribution in [0.5, 0.6) is 0 Å². The highest BCUT2D eigenvalue weighted by Crippen LogP contribution is 2.11. The molecule has 0 heterocycles. The van der Waals surface area contributed by atoms with Gasteiger partial charge in [-0.05, 0) is 50.4 Å². The maximum absolute atomic E-state index is 11.9. The molecule has 0 radical (unpaired) electrons. The number of nitrogens with zero attached hydrogens (tertiary/aromatic N) is 1. The molecule has 8 heteroatoms. The highest BCUT2D eigenvalue weighted by molar-refractivity contribution is 14.0. The Kier molecular flexibility index (Phi) is 11.3. The van der Waals surface area contributed by atoms with Crippen molar-refractivity contribution in [3.05, 3.63) is 29.8 Å². The molecule has 0 bridgehead atoms. The van der Waals surface area contributed by atoms with Gasteiger partial charge in [0, 0.05) is 19.6 Å². The third kappa shape index (κ3) is 8.87. The van der Waals surface area contributed by atoms with Crippen molar-refractivity contribution in [2.45, 2.75) is 51.1 Å². The van der Waals surface area contributed by atoms with E-state index in [-0.39, 0.29) is 28.9 Å². The number of rotatable bonds is 8. The Balaban J connectivity index is 0.00000576. The van der Waals surface area contributed by atoms with Crippen LogP contribution in [0.3, 0.4) is 0 Å². The summed E-state index contributed by atoms with van der Waals surface area (Å²) in [5.74, 6) is 1.40. The zero-order valence-corrected chi connectivity index (χ0v) is 18.8. The minimum atomic E-state index is -3.42. The minimum absolute atomic E-state index is 0. The van der Waals surface area contributed by atoms with E-state index < -0.39 is 10.0 Å². The fraction of sp³-hybridized carbons (Fsp3) is 0.588. The lowest BCUT2D eigenvalue weighted by Crippen LogP contribution is -2.41. The second-order valence-electron chi connectivity index (χ2n) is 6.30. The number of halogens is 1. The summed E-state index contributed by atoms with van der Waals surface area (Å²) in [7, 11) is -0.287. The average molecular weight is 482 g/mol. The quantitative estimate of drug-likeness (QED) is 0.302. The van der Waals surface area contributed by atoms with Crippen molar-refractivity contribution >= 4 is 40.0 Å². The van der Waals surface area contributed by atoms with Gasteiger partial charge >= 0.3 is 0 Å². The minimum Gasteiger partial charge on any atom is -0.354 e. The lowest BCUT2D eigenvalue weighted by molar-refractivity contribution is 0.489. The lowest BCUT2D eigenvalue weighted by atomic mass is 10.0. The normalized spacial score (nSPS) is 13.3. The predicted molar refractivity (Wildman–Crippen MR) is 115 cm³/mol. The van der Waals surface area contributed by atoms with E-state index in [0.717, 1.165) is 18.4 Å². The topological polar surface area (TPSA) is 82.6 Å². The molecular weight excluding hydrogens is 451 g/mol. The van der Waals surface area contributed by atoms with Crippen LogP contribution in [0.1, 0.15) is 39.2 Å². The number of hydrogen-bond acceptors (Lipinski definition) is 3. The number of sulfonamides is 1. The molecule has 0 aliphatic heterocycles. The molecule has 1 rings (SSSR count). The molecule has 1 unspecified atom stereocenters. The molecule has 0 saturated carbocycles. The summed E-state index contributed by atoms with van der Waals surface area (Å²) in [6.07, 6.45) is 2.24. The first kappa shape index (κ1) is 24.1. The van der Waals surface area contributed by atoms with E-state index >= 15 is 0 Å². The standard InChI is InChI=1S/C17H30N4O2S.HI/c1-13(2)9-10-14(3)21-17(18-4)20-12-15-7-6-8-16(11-15)24(22,23)19-5;/h6-8,11,13-14,19H,9-10,12H2,1-5H3,(H2,18,20,21);1H. The van der Waals surface area contributed by atoms with Crippen LogP contribution in [0.2, 0.25) is 0 Å². The van der Waals surface area contributed by atoms with Crippen molar-refractivity contribution in [1.29, 1.82) is 0 Å². The third-order valence-corrected chi connectivity index (χ3v) is 5.13. The number of guanidine groups is 1. The summed E-state index contributed by atoms with van der Waals surface area (Å²) in [6, 6.07) is 7.19. The fourth-order valence-electron chi connectivity index (χ4n) is 2.21. The number of hydrogen-bond donors (Lipinski definition) is 3. The summed E-state index contributed by atoms with van der Waals surface area (Å²) in [4.78, 5) is 4.48. The van der Waals surface area contributed by atoms with Gasteiger partial charge in [0.05, 0.1) is 4.90 Å². The molecule has 3 N–H and O–H groups in total. The first-order valence-electron chi connectivity index (χ1n) is 8.28. The Morgan fingerprint density at radius 3 is 2.44 bits per heavy atom. The zero-order valence-electron chi connectivity index (χ0n) is 15.7. The van der Waals surface area contributed by atoms with Crippen molar-refractivity contribution in [2.75, 3.05) is 14.1 Å². The van der Waals surface area contributed by atoms with E-state index in [1.807, 2.05) is 6.07 Å². The van der Waals surface area contributed by atoms with Crippen molar-refractivity contribution in [3.63, 3.8) is 0 Å². The van der Waals surface area contributed by atoms with Crippen molar-refractivity contribution in [1.82, 2.24) is 15.4 Å². The van der Waals surface area contributed by atoms with Crippen LogP contribution in [-0.4, -0.2) is 34.5 Å². The highest BCUT2D eigenvalue weighted by atomic mass is 127. The van der Waals surface area contributed by atoms with Crippen LogP contribution < -0.4 is 15.4 Å². The molecular formula is C17H31IN4O2S. The van der Waals surface area contributed by atoms with E-state index in [1.165, 1.54) is 7.05 Å². The lowest BCUT2D eigenvalue weighted by Gasteiger charge is -2.19. The summed E-state index contributed by atoms with van der Waals surface area (Å²) >= 11 is 0. The molecule has 1 aromatic carbocycles. The molecule has 0 saturated heterocycles. The van der Waals surface area contributed by atoms with Crippen LogP contribution in [0.4, 0.5) is 0 Å². The zero-order chi connectivity index (χ0) is 18.2. The van der Waals surface area contributed by atoms with Crippen molar-refractivity contribution in [2.24, 2.45) is 10.9 Å². The molecule has 0 aliphatic carbocycles. The Morgan fingerprint density at radius 1 is 1.20 bits per heavy atom. The Labute approximate surface area is 169 Å². The second-order valence-corrected chi connectivity index (χ2v) is 8.18. The van der Waals surface area contributed by atoms with E-state index in [2.05, 4.69) is 41.1 Å². The van der Waals surface area contributed by atoms with E-state index in [1.54, 1.807) is 25.2 Å². The first-order valence-corrected chi connectivity index (χ1v) is 9.76. The largest absolute Gasteiger partial charge is 0.354 e. The SMILES string of the molecule is CN=C(NCc1cccc(S(=O)(=O)NC)c1)NC(C)CCC(C)C.I. The van der Waals surface area contributed by atoms with Gasteiger partial charge in [-0.2, -0.15) is 0 Å². The van der Waals surface area contributed by atoms with Gasteiger partial charge < -0.3 is 10.6 Å². The van der Waals surface area contributed by atoms with E-state index in [0.29, 0.717) is 24.5 Å². The fourth-order valence-corrected chi connectivity index (χ4v) is 3.01. The first-order chi connectivity index (χ1) is 11.3. The van der Waals surface area contributed by atoms with Crippen molar-refractivity contribution < 1.29 is 8.42 Å². The van der Waals surface area contributed by atoms with Gasteiger partial charge in [-0.15, -0.1) is 24.0 Å². The van der Waals surface area contributed by atoms with Gasteiger partial charge in [-0.3, -0.25) is 4.99 Å². The molecule has 0 amide bonds. The van der Waals surface area contributed by atoms with Gasteiger partial charge in [0.15, 0.2) is 5.96 Å². The summed E-state index contributed by atoms with van der Waals surface area (Å²) < 4.78 is 26.0. The Bertz CT molecular complexity index is 648. The molecule has 0 spiro atoms. The van der Waals surface area contributed by atoms with Crippen LogP contribution in [-0.2, 0) is 16.6 Å². The van der Waals surface area contributed by atoms with Gasteiger partial charge in [0.1, 0.15) is 0 Å². The molecule has 1 atom stereocenters. The number of aliphatic imine (C=N–C) groups is 1. The van der Waals surface area contributed by atoms with E-state index in [9.17, 15) is 8.42 Å². The van der Waals surface area contributed by atoms with Gasteiger partial charge in [0.2, 0.25) is 10.0 Å².